The Balaban J connectivity index is 1.44. The molecular formula is C25H31ClN2O4. The molecule has 172 valence electrons. The van der Waals surface area contributed by atoms with E-state index in [9.17, 15) is 4.79 Å². The minimum atomic E-state index is -0.286. The third kappa shape index (κ3) is 5.23. The molecule has 2 aliphatic rings. The summed E-state index contributed by atoms with van der Waals surface area (Å²) in [5.74, 6) is 2.08. The van der Waals surface area contributed by atoms with Crippen LogP contribution < -0.4 is 14.8 Å². The smallest absolute Gasteiger partial charge is 0.410 e. The van der Waals surface area contributed by atoms with Crippen LogP contribution in [0.4, 0.5) is 10.5 Å². The lowest BCUT2D eigenvalue weighted by atomic mass is 10.0. The van der Waals surface area contributed by atoms with Crippen LogP contribution in [0.25, 0.3) is 0 Å². The molecule has 1 amide bonds. The first-order valence-electron chi connectivity index (χ1n) is 11.2. The van der Waals surface area contributed by atoms with Crippen LogP contribution in [0.3, 0.4) is 0 Å². The van der Waals surface area contributed by atoms with Gasteiger partial charge >= 0.3 is 6.09 Å². The lowest BCUT2D eigenvalue weighted by Crippen LogP contribution is -2.34. The highest BCUT2D eigenvalue weighted by Gasteiger charge is 2.33. The molecule has 1 unspecified atom stereocenters. The van der Waals surface area contributed by atoms with E-state index in [1.807, 2.05) is 30.3 Å². The number of carbonyl (C=O) groups is 1. The molecule has 2 aromatic rings. The molecule has 32 heavy (non-hydrogen) atoms. The van der Waals surface area contributed by atoms with Crippen LogP contribution in [0.1, 0.15) is 36.8 Å². The molecule has 1 aliphatic heterocycles. The fourth-order valence-corrected chi connectivity index (χ4v) is 4.79. The van der Waals surface area contributed by atoms with E-state index in [2.05, 4.69) is 11.4 Å². The molecular weight excluding hydrogens is 428 g/mol. The fraction of sp³-hybridized carbons (Fsp3) is 0.480. The maximum atomic E-state index is 12.5. The Labute approximate surface area is 194 Å². The molecule has 2 fully saturated rings. The molecule has 0 radical (unpaired) electrons. The number of ether oxygens (including phenoxy) is 3. The van der Waals surface area contributed by atoms with Gasteiger partial charge in [0.1, 0.15) is 6.61 Å². The van der Waals surface area contributed by atoms with Crippen molar-refractivity contribution < 1.29 is 19.0 Å². The maximum absolute atomic E-state index is 12.5. The molecule has 7 heteroatoms. The van der Waals surface area contributed by atoms with Crippen molar-refractivity contribution in [2.75, 3.05) is 32.7 Å². The molecule has 1 aliphatic carbocycles. The second-order valence-electron chi connectivity index (χ2n) is 8.60. The van der Waals surface area contributed by atoms with Crippen molar-refractivity contribution in [3.05, 3.63) is 52.5 Å². The van der Waals surface area contributed by atoms with Crippen molar-refractivity contribution >= 4 is 23.4 Å². The maximum Gasteiger partial charge on any atom is 0.410 e. The second kappa shape index (κ2) is 10.3. The quantitative estimate of drug-likeness (QED) is 0.535. The molecule has 6 nitrogen and oxygen atoms in total. The number of methoxy groups -OCH3 is 2. The Bertz CT molecular complexity index is 946. The second-order valence-corrected chi connectivity index (χ2v) is 9.00. The molecule has 0 spiro atoms. The molecule has 1 atom stereocenters. The predicted molar refractivity (Wildman–Crippen MR) is 126 cm³/mol. The van der Waals surface area contributed by atoms with Crippen molar-refractivity contribution in [3.8, 4) is 11.5 Å². The van der Waals surface area contributed by atoms with Crippen LogP contribution in [0.2, 0.25) is 5.02 Å². The minimum absolute atomic E-state index is 0.0498. The van der Waals surface area contributed by atoms with E-state index in [0.29, 0.717) is 42.0 Å². The van der Waals surface area contributed by atoms with Gasteiger partial charge in [0, 0.05) is 13.1 Å². The summed E-state index contributed by atoms with van der Waals surface area (Å²) < 4.78 is 16.1. The van der Waals surface area contributed by atoms with Gasteiger partial charge in [0.25, 0.3) is 0 Å². The van der Waals surface area contributed by atoms with Crippen LogP contribution in [0.15, 0.2) is 36.4 Å². The highest BCUT2D eigenvalue weighted by Crippen LogP contribution is 2.31. The number of rotatable bonds is 9. The number of cyclic esters (lactones) is 1. The molecule has 4 rings (SSSR count). The number of benzene rings is 2. The van der Waals surface area contributed by atoms with Gasteiger partial charge in [0.05, 0.1) is 31.0 Å². The third-order valence-corrected chi connectivity index (χ3v) is 6.76. The van der Waals surface area contributed by atoms with Crippen LogP contribution in [-0.4, -0.2) is 44.4 Å². The molecule has 1 N–H and O–H groups in total. The number of hydrogen-bond acceptors (Lipinski definition) is 5. The molecule has 2 aromatic carbocycles. The van der Waals surface area contributed by atoms with E-state index in [1.54, 1.807) is 19.1 Å². The van der Waals surface area contributed by atoms with Crippen molar-refractivity contribution in [2.45, 2.75) is 44.7 Å². The first-order chi connectivity index (χ1) is 15.6. The highest BCUT2D eigenvalue weighted by molar-refractivity contribution is 6.33. The Morgan fingerprint density at radius 1 is 1.06 bits per heavy atom. The van der Waals surface area contributed by atoms with Crippen molar-refractivity contribution in [1.29, 1.82) is 0 Å². The van der Waals surface area contributed by atoms with Gasteiger partial charge in [-0.2, -0.15) is 0 Å². The summed E-state index contributed by atoms with van der Waals surface area (Å²) in [6.45, 7) is 1.79. The number of halogens is 1. The van der Waals surface area contributed by atoms with Crippen LogP contribution in [-0.2, 0) is 17.7 Å². The average Bonchev–Trinajstić information content (AvgIpc) is 3.45. The highest BCUT2D eigenvalue weighted by atomic mass is 35.5. The summed E-state index contributed by atoms with van der Waals surface area (Å²) in [5, 5.41) is 4.22. The monoisotopic (exact) mass is 458 g/mol. The minimum Gasteiger partial charge on any atom is -0.493 e. The van der Waals surface area contributed by atoms with Gasteiger partial charge in [-0.1, -0.05) is 36.6 Å². The Kier molecular flexibility index (Phi) is 7.30. The summed E-state index contributed by atoms with van der Waals surface area (Å²) in [7, 11) is 3.24. The van der Waals surface area contributed by atoms with Crippen LogP contribution >= 0.6 is 11.6 Å². The summed E-state index contributed by atoms with van der Waals surface area (Å²) in [4.78, 5) is 14.3. The fourth-order valence-electron chi connectivity index (χ4n) is 4.60. The van der Waals surface area contributed by atoms with E-state index in [0.717, 1.165) is 23.4 Å². The molecule has 0 aromatic heterocycles. The largest absolute Gasteiger partial charge is 0.493 e. The zero-order valence-corrected chi connectivity index (χ0v) is 19.5. The van der Waals surface area contributed by atoms with E-state index in [4.69, 9.17) is 25.8 Å². The summed E-state index contributed by atoms with van der Waals surface area (Å²) in [5.41, 5.74) is 3.02. The molecule has 1 saturated heterocycles. The Morgan fingerprint density at radius 2 is 1.81 bits per heavy atom. The number of anilines is 1. The first-order valence-corrected chi connectivity index (χ1v) is 11.6. The molecule has 1 saturated carbocycles. The average molecular weight is 459 g/mol. The SMILES string of the molecule is COc1ccc(CC2COC(=O)N2Cc2ccc(Cl)c(NCC3CCCC3)c2)cc1OC. The van der Waals surface area contributed by atoms with Gasteiger partial charge in [-0.25, -0.2) is 4.79 Å². The molecule has 1 heterocycles. The molecule has 0 bridgehead atoms. The van der Waals surface area contributed by atoms with E-state index < -0.39 is 0 Å². The van der Waals surface area contributed by atoms with Crippen molar-refractivity contribution in [1.82, 2.24) is 4.90 Å². The zero-order chi connectivity index (χ0) is 22.5. The number of amides is 1. The van der Waals surface area contributed by atoms with Gasteiger partial charge < -0.3 is 19.5 Å². The summed E-state index contributed by atoms with van der Waals surface area (Å²) in [6, 6.07) is 11.7. The Morgan fingerprint density at radius 3 is 2.56 bits per heavy atom. The first kappa shape index (κ1) is 22.6. The third-order valence-electron chi connectivity index (χ3n) is 6.43. The number of hydrogen-bond donors (Lipinski definition) is 1. The van der Waals surface area contributed by atoms with Gasteiger partial charge in [0.15, 0.2) is 11.5 Å². The van der Waals surface area contributed by atoms with Crippen molar-refractivity contribution in [3.63, 3.8) is 0 Å². The van der Waals surface area contributed by atoms with E-state index in [1.165, 1.54) is 25.7 Å². The lowest BCUT2D eigenvalue weighted by Gasteiger charge is -2.22. The number of nitrogens with one attached hydrogen (secondary N) is 1. The van der Waals surface area contributed by atoms with Gasteiger partial charge in [-0.15, -0.1) is 0 Å². The summed E-state index contributed by atoms with van der Waals surface area (Å²) in [6.07, 6.45) is 5.58. The Hall–Kier alpha value is -2.60. The van der Waals surface area contributed by atoms with Crippen LogP contribution in [0, 0.1) is 5.92 Å². The number of nitrogens with zero attached hydrogens (tertiary/aromatic N) is 1. The van der Waals surface area contributed by atoms with Gasteiger partial charge in [-0.3, -0.25) is 4.90 Å². The predicted octanol–water partition coefficient (Wildman–Crippen LogP) is 5.52. The van der Waals surface area contributed by atoms with E-state index >= 15 is 0 Å². The lowest BCUT2D eigenvalue weighted by molar-refractivity contribution is 0.156. The van der Waals surface area contributed by atoms with Gasteiger partial charge in [0.2, 0.25) is 0 Å². The topological polar surface area (TPSA) is 60.0 Å². The standard InChI is InChI=1S/C25H31ClN2O4/c1-30-23-10-8-18(13-24(23)31-2)11-20-16-32-25(29)28(20)15-19-7-9-21(26)22(12-19)27-14-17-5-3-4-6-17/h7-10,12-13,17,20,27H,3-6,11,14-16H2,1-2H3. The van der Waals surface area contributed by atoms with E-state index in [-0.39, 0.29) is 12.1 Å². The van der Waals surface area contributed by atoms with Crippen LogP contribution in [0.5, 0.6) is 11.5 Å². The normalized spacial score (nSPS) is 18.7. The summed E-state index contributed by atoms with van der Waals surface area (Å²) >= 11 is 6.43. The zero-order valence-electron chi connectivity index (χ0n) is 18.7. The van der Waals surface area contributed by atoms with Crippen molar-refractivity contribution in [2.24, 2.45) is 5.92 Å². The van der Waals surface area contributed by atoms with Gasteiger partial charge in [-0.05, 0) is 60.6 Å². The number of carbonyl (C=O) groups excluding carboxylic acids is 1.